The maximum atomic E-state index is 6.28. The molecule has 0 unspecified atom stereocenters. The van der Waals surface area contributed by atoms with E-state index in [0.717, 1.165) is 27.6 Å². The molecule has 3 heteroatoms. The fourth-order valence-electron chi connectivity index (χ4n) is 2.37. The molecule has 0 amide bonds. The molecule has 0 N–H and O–H groups in total. The molecule has 0 aliphatic rings. The monoisotopic (exact) mass is 328 g/mol. The van der Waals surface area contributed by atoms with Crippen molar-refractivity contribution in [2.24, 2.45) is 0 Å². The minimum Gasteiger partial charge on any atom is -0.497 e. The van der Waals surface area contributed by atoms with Gasteiger partial charge in [0.25, 0.3) is 0 Å². The lowest BCUT2D eigenvalue weighted by Crippen LogP contribution is -1.82. The molecule has 0 aliphatic carbocycles. The Bertz CT molecular complexity index is 836. The Morgan fingerprint density at radius 2 is 1.59 bits per heavy atom. The highest BCUT2D eigenvalue weighted by Crippen LogP contribution is 2.32. The van der Waals surface area contributed by atoms with E-state index in [0.29, 0.717) is 10.0 Å². The second-order valence-corrected chi connectivity index (χ2v) is 5.70. The van der Waals surface area contributed by atoms with Gasteiger partial charge in [0.2, 0.25) is 0 Å². The second kappa shape index (κ2) is 6.43. The summed E-state index contributed by atoms with van der Waals surface area (Å²) in [4.78, 5) is 0. The lowest BCUT2D eigenvalue weighted by Gasteiger charge is -2.06. The van der Waals surface area contributed by atoms with E-state index in [4.69, 9.17) is 27.9 Å². The molecular weight excluding hydrogens is 315 g/mol. The molecule has 1 nitrogen and oxygen atoms in total. The molecule has 110 valence electrons. The van der Waals surface area contributed by atoms with Crippen molar-refractivity contribution in [3.63, 3.8) is 0 Å². The van der Waals surface area contributed by atoms with Gasteiger partial charge in [-0.1, -0.05) is 71.8 Å². The number of hydrogen-bond acceptors (Lipinski definition) is 1. The number of halogens is 2. The quantitative estimate of drug-likeness (QED) is 0.511. The molecule has 3 aromatic carbocycles. The average molecular weight is 329 g/mol. The molecule has 0 fully saturated rings. The van der Waals surface area contributed by atoms with Gasteiger partial charge in [0, 0.05) is 5.39 Å². The summed E-state index contributed by atoms with van der Waals surface area (Å²) < 4.78 is 5.16. The molecule has 22 heavy (non-hydrogen) atoms. The standard InChI is InChI=1S/C19H14Cl2O/c1-22-15-9-6-13(7-10-15)5-8-14-3-2-4-17-16(14)11-12-18(20)19(17)21/h2-12H,1H3/b8-5+. The van der Waals surface area contributed by atoms with Crippen molar-refractivity contribution in [2.45, 2.75) is 0 Å². The van der Waals surface area contributed by atoms with Crippen LogP contribution in [0.25, 0.3) is 22.9 Å². The van der Waals surface area contributed by atoms with Crippen molar-refractivity contribution in [3.8, 4) is 5.75 Å². The van der Waals surface area contributed by atoms with Gasteiger partial charge in [-0.15, -0.1) is 0 Å². The van der Waals surface area contributed by atoms with Crippen LogP contribution in [0.5, 0.6) is 5.75 Å². The predicted octanol–water partition coefficient (Wildman–Crippen LogP) is 6.33. The number of hydrogen-bond donors (Lipinski definition) is 0. The normalized spacial score (nSPS) is 11.2. The highest BCUT2D eigenvalue weighted by Gasteiger charge is 2.05. The van der Waals surface area contributed by atoms with E-state index in [1.807, 2.05) is 48.5 Å². The molecular formula is C19H14Cl2O. The molecule has 0 saturated carbocycles. The van der Waals surface area contributed by atoms with Crippen molar-refractivity contribution in [2.75, 3.05) is 7.11 Å². The molecule has 0 aromatic heterocycles. The number of ether oxygens (including phenoxy) is 1. The van der Waals surface area contributed by atoms with E-state index in [1.54, 1.807) is 7.11 Å². The SMILES string of the molecule is COc1ccc(/C=C/c2cccc3c(Cl)c(Cl)ccc23)cc1. The van der Waals surface area contributed by atoms with Gasteiger partial charge in [-0.05, 0) is 34.7 Å². The smallest absolute Gasteiger partial charge is 0.118 e. The van der Waals surface area contributed by atoms with Gasteiger partial charge in [0.1, 0.15) is 5.75 Å². The lowest BCUT2D eigenvalue weighted by atomic mass is 10.0. The Kier molecular flexibility index (Phi) is 4.37. The fourth-order valence-corrected chi connectivity index (χ4v) is 2.76. The highest BCUT2D eigenvalue weighted by molar-refractivity contribution is 6.45. The average Bonchev–Trinajstić information content (AvgIpc) is 2.57. The van der Waals surface area contributed by atoms with Gasteiger partial charge >= 0.3 is 0 Å². The minimum absolute atomic E-state index is 0.574. The second-order valence-electron chi connectivity index (χ2n) is 4.91. The van der Waals surface area contributed by atoms with Crippen LogP contribution in [0.1, 0.15) is 11.1 Å². The van der Waals surface area contributed by atoms with Crippen LogP contribution < -0.4 is 4.74 Å². The van der Waals surface area contributed by atoms with Crippen molar-refractivity contribution in [1.82, 2.24) is 0 Å². The molecule has 3 aromatic rings. The molecule has 0 saturated heterocycles. The lowest BCUT2D eigenvalue weighted by molar-refractivity contribution is 0.415. The van der Waals surface area contributed by atoms with E-state index in [1.165, 1.54) is 0 Å². The molecule has 0 spiro atoms. The third-order valence-corrected chi connectivity index (χ3v) is 4.37. The number of benzene rings is 3. The Balaban J connectivity index is 1.99. The predicted molar refractivity (Wildman–Crippen MR) is 95.9 cm³/mol. The van der Waals surface area contributed by atoms with E-state index < -0.39 is 0 Å². The van der Waals surface area contributed by atoms with Crippen molar-refractivity contribution in [3.05, 3.63) is 75.8 Å². The van der Waals surface area contributed by atoms with Crippen LogP contribution in [0.3, 0.4) is 0 Å². The number of methoxy groups -OCH3 is 1. The molecule has 0 bridgehead atoms. The van der Waals surface area contributed by atoms with E-state index in [9.17, 15) is 0 Å². The van der Waals surface area contributed by atoms with Crippen molar-refractivity contribution >= 4 is 46.1 Å². The van der Waals surface area contributed by atoms with Gasteiger partial charge in [-0.3, -0.25) is 0 Å². The molecule has 0 atom stereocenters. The van der Waals surface area contributed by atoms with Crippen LogP contribution in [0, 0.1) is 0 Å². The fraction of sp³-hybridized carbons (Fsp3) is 0.0526. The summed E-state index contributed by atoms with van der Waals surface area (Å²) in [7, 11) is 1.66. The van der Waals surface area contributed by atoms with Gasteiger partial charge in [0.05, 0.1) is 17.2 Å². The zero-order valence-corrected chi connectivity index (χ0v) is 13.5. The van der Waals surface area contributed by atoms with Crippen LogP contribution in [0.2, 0.25) is 10.0 Å². The zero-order chi connectivity index (χ0) is 15.5. The number of fused-ring (bicyclic) bond motifs is 1. The van der Waals surface area contributed by atoms with Crippen LogP contribution in [0.4, 0.5) is 0 Å². The first kappa shape index (κ1) is 15.0. The first-order valence-corrected chi connectivity index (χ1v) is 7.63. The summed E-state index contributed by atoms with van der Waals surface area (Å²) >= 11 is 12.4. The van der Waals surface area contributed by atoms with Gasteiger partial charge in [-0.25, -0.2) is 0 Å². The highest BCUT2D eigenvalue weighted by atomic mass is 35.5. The third kappa shape index (κ3) is 2.96. The zero-order valence-electron chi connectivity index (χ0n) is 12.0. The third-order valence-electron chi connectivity index (χ3n) is 3.55. The van der Waals surface area contributed by atoms with E-state index in [2.05, 4.69) is 18.2 Å². The molecule has 0 heterocycles. The summed E-state index contributed by atoms with van der Waals surface area (Å²) in [5, 5.41) is 3.22. The first-order chi connectivity index (χ1) is 10.7. The summed E-state index contributed by atoms with van der Waals surface area (Å²) in [6.45, 7) is 0. The maximum absolute atomic E-state index is 6.28. The Hall–Kier alpha value is -1.96. The topological polar surface area (TPSA) is 9.23 Å². The Labute approximate surface area is 139 Å². The van der Waals surface area contributed by atoms with Gasteiger partial charge < -0.3 is 4.74 Å². The summed E-state index contributed by atoms with van der Waals surface area (Å²) in [6.07, 6.45) is 4.14. The van der Waals surface area contributed by atoms with Gasteiger partial charge in [0.15, 0.2) is 0 Å². The van der Waals surface area contributed by atoms with Crippen LogP contribution in [-0.4, -0.2) is 7.11 Å². The van der Waals surface area contributed by atoms with E-state index in [-0.39, 0.29) is 0 Å². The summed E-state index contributed by atoms with van der Waals surface area (Å²) in [6, 6.07) is 17.8. The van der Waals surface area contributed by atoms with Crippen molar-refractivity contribution in [1.29, 1.82) is 0 Å². The number of rotatable bonds is 3. The maximum Gasteiger partial charge on any atom is 0.118 e. The van der Waals surface area contributed by atoms with Crippen molar-refractivity contribution < 1.29 is 4.74 Å². The largest absolute Gasteiger partial charge is 0.497 e. The molecule has 3 rings (SSSR count). The summed E-state index contributed by atoms with van der Waals surface area (Å²) in [5.41, 5.74) is 2.21. The first-order valence-electron chi connectivity index (χ1n) is 6.88. The Morgan fingerprint density at radius 3 is 2.32 bits per heavy atom. The molecule has 0 radical (unpaired) electrons. The van der Waals surface area contributed by atoms with Crippen LogP contribution in [0.15, 0.2) is 54.6 Å². The summed E-state index contributed by atoms with van der Waals surface area (Å²) in [5.74, 6) is 0.851. The molecule has 0 aliphatic heterocycles. The van der Waals surface area contributed by atoms with E-state index >= 15 is 0 Å². The van der Waals surface area contributed by atoms with Crippen LogP contribution >= 0.6 is 23.2 Å². The van der Waals surface area contributed by atoms with Gasteiger partial charge in [-0.2, -0.15) is 0 Å². The minimum atomic E-state index is 0.574. The Morgan fingerprint density at radius 1 is 0.818 bits per heavy atom. The van der Waals surface area contributed by atoms with Crippen LogP contribution in [-0.2, 0) is 0 Å².